The van der Waals surface area contributed by atoms with Crippen LogP contribution in [0.15, 0.2) is 0 Å². The van der Waals surface area contributed by atoms with Gasteiger partial charge in [-0.2, -0.15) is 0 Å². The van der Waals surface area contributed by atoms with Gasteiger partial charge in [-0.3, -0.25) is 4.79 Å². The van der Waals surface area contributed by atoms with Crippen molar-refractivity contribution < 1.29 is 19.4 Å². The number of rotatable bonds is 3. The number of hydrogen-bond donors (Lipinski definition) is 1. The minimum absolute atomic E-state index is 0.0653. The summed E-state index contributed by atoms with van der Waals surface area (Å²) in [7, 11) is 3.88. The van der Waals surface area contributed by atoms with Crippen molar-refractivity contribution in [2.75, 3.05) is 46.9 Å². The summed E-state index contributed by atoms with van der Waals surface area (Å²) in [5.41, 5.74) is 0. The van der Waals surface area contributed by atoms with Gasteiger partial charge < -0.3 is 24.5 Å². The second-order valence-electron chi connectivity index (χ2n) is 5.97. The van der Waals surface area contributed by atoms with Crippen LogP contribution in [0.1, 0.15) is 19.3 Å². The Labute approximate surface area is 125 Å². The molecule has 0 aromatic carbocycles. The number of morpholine rings is 1. The third-order valence-corrected chi connectivity index (χ3v) is 4.33. The Bertz CT molecular complexity index is 390. The Hall–Kier alpha value is -1.34. The van der Waals surface area contributed by atoms with E-state index in [0.29, 0.717) is 19.8 Å². The Morgan fingerprint density at radius 3 is 2.81 bits per heavy atom. The van der Waals surface area contributed by atoms with Gasteiger partial charge in [-0.05, 0) is 26.4 Å². The summed E-state index contributed by atoms with van der Waals surface area (Å²) in [5, 5.41) is 8.97. The third kappa shape index (κ3) is 4.07. The van der Waals surface area contributed by atoms with Crippen LogP contribution in [0.4, 0.5) is 4.79 Å². The lowest BCUT2D eigenvalue weighted by atomic mass is 10.1. The molecular weight excluding hydrogens is 274 g/mol. The Morgan fingerprint density at radius 1 is 1.38 bits per heavy atom. The summed E-state index contributed by atoms with van der Waals surface area (Å²) in [6.45, 7) is 3.17. The van der Waals surface area contributed by atoms with Crippen LogP contribution in [0.2, 0.25) is 0 Å². The van der Waals surface area contributed by atoms with Gasteiger partial charge in [0.05, 0.1) is 25.7 Å². The molecule has 2 aliphatic heterocycles. The van der Waals surface area contributed by atoms with Crippen molar-refractivity contribution in [3.05, 3.63) is 0 Å². The number of likely N-dealkylation sites (N-methyl/N-ethyl adjacent to an activating group) is 2. The lowest BCUT2D eigenvalue weighted by Crippen LogP contribution is -2.57. The van der Waals surface area contributed by atoms with Crippen LogP contribution in [0.25, 0.3) is 0 Å². The first kappa shape index (κ1) is 16.0. The first-order valence-corrected chi connectivity index (χ1v) is 7.50. The van der Waals surface area contributed by atoms with Gasteiger partial charge in [-0.1, -0.05) is 0 Å². The second-order valence-corrected chi connectivity index (χ2v) is 5.97. The zero-order valence-electron chi connectivity index (χ0n) is 12.8. The van der Waals surface area contributed by atoms with E-state index in [4.69, 9.17) is 9.84 Å². The van der Waals surface area contributed by atoms with E-state index in [1.807, 2.05) is 7.05 Å². The van der Waals surface area contributed by atoms with Crippen molar-refractivity contribution in [2.45, 2.75) is 31.3 Å². The fourth-order valence-corrected chi connectivity index (χ4v) is 3.09. The molecular formula is C14H25N3O4. The molecule has 0 aliphatic carbocycles. The van der Waals surface area contributed by atoms with Gasteiger partial charge in [-0.15, -0.1) is 0 Å². The number of carboxylic acids is 1. The zero-order valence-corrected chi connectivity index (χ0v) is 12.8. The topological polar surface area (TPSA) is 73.3 Å². The number of nitrogens with zero attached hydrogens (tertiary/aromatic N) is 3. The quantitative estimate of drug-likeness (QED) is 0.812. The van der Waals surface area contributed by atoms with E-state index in [2.05, 4.69) is 11.9 Å². The van der Waals surface area contributed by atoms with E-state index >= 15 is 0 Å². The molecule has 2 unspecified atom stereocenters. The van der Waals surface area contributed by atoms with Crippen molar-refractivity contribution in [1.82, 2.24) is 14.7 Å². The van der Waals surface area contributed by atoms with E-state index < -0.39 is 5.97 Å². The van der Waals surface area contributed by atoms with Crippen molar-refractivity contribution in [1.29, 1.82) is 0 Å². The highest BCUT2D eigenvalue weighted by molar-refractivity contribution is 5.76. The maximum absolute atomic E-state index is 12.7. The number of carbonyl (C=O) groups is 2. The van der Waals surface area contributed by atoms with Crippen LogP contribution in [0, 0.1) is 0 Å². The molecule has 120 valence electrons. The molecule has 0 bridgehead atoms. The second kappa shape index (κ2) is 7.09. The van der Waals surface area contributed by atoms with Gasteiger partial charge in [0.2, 0.25) is 0 Å². The molecule has 2 rings (SSSR count). The van der Waals surface area contributed by atoms with Gasteiger partial charge in [-0.25, -0.2) is 4.79 Å². The normalized spacial score (nSPS) is 27.4. The smallest absolute Gasteiger partial charge is 0.320 e. The molecule has 0 aromatic heterocycles. The molecule has 1 N–H and O–H groups in total. The summed E-state index contributed by atoms with van der Waals surface area (Å²) in [6, 6.07) is -0.248. The predicted molar refractivity (Wildman–Crippen MR) is 77.2 cm³/mol. The summed E-state index contributed by atoms with van der Waals surface area (Å²) >= 11 is 0. The Kier molecular flexibility index (Phi) is 5.41. The van der Waals surface area contributed by atoms with Crippen molar-refractivity contribution in [3.8, 4) is 0 Å². The minimum atomic E-state index is -0.900. The van der Waals surface area contributed by atoms with E-state index in [1.165, 1.54) is 0 Å². The highest BCUT2D eigenvalue weighted by atomic mass is 16.5. The van der Waals surface area contributed by atoms with E-state index in [0.717, 1.165) is 25.9 Å². The Morgan fingerprint density at radius 2 is 2.14 bits per heavy atom. The molecule has 0 radical (unpaired) electrons. The average molecular weight is 299 g/mol. The molecule has 7 nitrogen and oxygen atoms in total. The highest BCUT2D eigenvalue weighted by Gasteiger charge is 2.33. The van der Waals surface area contributed by atoms with Crippen LogP contribution in [-0.4, -0.2) is 90.8 Å². The number of carboxylic acid groups (broad SMARTS) is 1. The first-order chi connectivity index (χ1) is 9.99. The van der Waals surface area contributed by atoms with Gasteiger partial charge in [0.25, 0.3) is 0 Å². The molecule has 0 saturated carbocycles. The lowest BCUT2D eigenvalue weighted by molar-refractivity contribution is -0.139. The zero-order chi connectivity index (χ0) is 15.4. The average Bonchev–Trinajstić information content (AvgIpc) is 2.46. The predicted octanol–water partition coefficient (Wildman–Crippen LogP) is 0.308. The van der Waals surface area contributed by atoms with Crippen molar-refractivity contribution >= 4 is 12.0 Å². The molecule has 2 saturated heterocycles. The Balaban J connectivity index is 2.00. The van der Waals surface area contributed by atoms with E-state index in [9.17, 15) is 9.59 Å². The first-order valence-electron chi connectivity index (χ1n) is 7.50. The summed E-state index contributed by atoms with van der Waals surface area (Å²) < 4.78 is 5.32. The van der Waals surface area contributed by atoms with Gasteiger partial charge in [0.1, 0.15) is 0 Å². The number of hydrogen-bond acceptors (Lipinski definition) is 4. The molecule has 7 heteroatoms. The van der Waals surface area contributed by atoms with Crippen LogP contribution in [-0.2, 0) is 9.53 Å². The number of likely N-dealkylation sites (tertiary alicyclic amines) is 1. The summed E-state index contributed by atoms with van der Waals surface area (Å²) in [4.78, 5) is 29.3. The molecule has 2 amide bonds. The van der Waals surface area contributed by atoms with E-state index in [1.54, 1.807) is 9.80 Å². The molecule has 2 atom stereocenters. The maximum Gasteiger partial charge on any atom is 0.320 e. The van der Waals surface area contributed by atoms with E-state index in [-0.39, 0.29) is 24.5 Å². The molecule has 2 aliphatic rings. The fraction of sp³-hybridized carbons (Fsp3) is 0.857. The summed E-state index contributed by atoms with van der Waals surface area (Å²) in [6.07, 6.45) is 2.02. The van der Waals surface area contributed by atoms with Crippen molar-refractivity contribution in [3.63, 3.8) is 0 Å². The SMILES string of the molecule is CN1CCCC(N(C)C(=O)N2CCOCC2CC(=O)O)C1. The van der Waals surface area contributed by atoms with Gasteiger partial charge in [0, 0.05) is 26.2 Å². The number of piperidine rings is 1. The fourth-order valence-electron chi connectivity index (χ4n) is 3.09. The number of ether oxygens (including phenoxy) is 1. The monoisotopic (exact) mass is 299 g/mol. The number of carbonyl (C=O) groups excluding carboxylic acids is 1. The number of urea groups is 1. The van der Waals surface area contributed by atoms with Crippen LogP contribution >= 0.6 is 0 Å². The van der Waals surface area contributed by atoms with Gasteiger partial charge >= 0.3 is 12.0 Å². The third-order valence-electron chi connectivity index (χ3n) is 4.33. The van der Waals surface area contributed by atoms with Crippen LogP contribution in [0.3, 0.4) is 0 Å². The standard InChI is InChI=1S/C14H25N3O4/c1-15-5-3-4-11(9-15)16(2)14(20)17-6-7-21-10-12(17)8-13(18)19/h11-12H,3-10H2,1-2H3,(H,18,19). The molecule has 21 heavy (non-hydrogen) atoms. The molecule has 2 fully saturated rings. The van der Waals surface area contributed by atoms with Crippen LogP contribution in [0.5, 0.6) is 0 Å². The van der Waals surface area contributed by atoms with Gasteiger partial charge in [0.15, 0.2) is 0 Å². The molecule has 0 spiro atoms. The number of aliphatic carboxylic acids is 1. The molecule has 0 aromatic rings. The van der Waals surface area contributed by atoms with Crippen LogP contribution < -0.4 is 0 Å². The minimum Gasteiger partial charge on any atom is -0.481 e. The lowest BCUT2D eigenvalue weighted by Gasteiger charge is -2.41. The molecule has 2 heterocycles. The van der Waals surface area contributed by atoms with Crippen molar-refractivity contribution in [2.24, 2.45) is 0 Å². The number of amides is 2. The largest absolute Gasteiger partial charge is 0.481 e. The maximum atomic E-state index is 12.7. The highest BCUT2D eigenvalue weighted by Crippen LogP contribution is 2.18. The summed E-state index contributed by atoms with van der Waals surface area (Å²) in [5.74, 6) is -0.900.